The van der Waals surface area contributed by atoms with Crippen LogP contribution in [0.3, 0.4) is 0 Å². The Bertz CT molecular complexity index is 474. The molecular formula is C10H14F3NO5S. The summed E-state index contributed by atoms with van der Waals surface area (Å²) >= 11 is 0. The van der Waals surface area contributed by atoms with Crippen molar-refractivity contribution in [1.82, 2.24) is 4.72 Å². The molecule has 1 amide bonds. The summed E-state index contributed by atoms with van der Waals surface area (Å²) in [6.07, 6.45) is 0.843. The van der Waals surface area contributed by atoms with Gasteiger partial charge in [-0.05, 0) is 19.3 Å². The number of amides is 1. The van der Waals surface area contributed by atoms with E-state index in [9.17, 15) is 26.4 Å². The molecule has 1 aliphatic heterocycles. The number of epoxide rings is 1. The molecule has 0 bridgehead atoms. The predicted molar refractivity (Wildman–Crippen MR) is 59.9 cm³/mol. The summed E-state index contributed by atoms with van der Waals surface area (Å²) < 4.78 is 69.5. The van der Waals surface area contributed by atoms with Gasteiger partial charge in [-0.2, -0.15) is 21.6 Å². The Morgan fingerprint density at radius 2 is 2.00 bits per heavy atom. The van der Waals surface area contributed by atoms with E-state index in [0.29, 0.717) is 26.1 Å². The lowest BCUT2D eigenvalue weighted by Crippen LogP contribution is -2.42. The van der Waals surface area contributed by atoms with E-state index in [2.05, 4.69) is 0 Å². The largest absolute Gasteiger partial charge is 0.516 e. The van der Waals surface area contributed by atoms with Crippen LogP contribution in [-0.2, 0) is 24.3 Å². The van der Waals surface area contributed by atoms with E-state index in [1.807, 2.05) is 0 Å². The molecule has 2 fully saturated rings. The maximum Gasteiger partial charge on any atom is 0.516 e. The fourth-order valence-corrected chi connectivity index (χ4v) is 2.56. The normalized spacial score (nSPS) is 30.2. The van der Waals surface area contributed by atoms with Gasteiger partial charge in [0.2, 0.25) is 5.91 Å². The minimum atomic E-state index is -5.63. The topological polar surface area (TPSA) is 85.0 Å². The highest BCUT2D eigenvalue weighted by Crippen LogP contribution is 2.30. The van der Waals surface area contributed by atoms with Crippen LogP contribution in [0.4, 0.5) is 13.2 Å². The second-order valence-corrected chi connectivity index (χ2v) is 6.51. The first-order valence-corrected chi connectivity index (χ1v) is 7.53. The van der Waals surface area contributed by atoms with Crippen LogP contribution >= 0.6 is 0 Å². The molecule has 2 rings (SSSR count). The van der Waals surface area contributed by atoms with Crippen molar-refractivity contribution in [2.24, 2.45) is 5.92 Å². The van der Waals surface area contributed by atoms with E-state index in [4.69, 9.17) is 9.47 Å². The third-order valence-corrected chi connectivity index (χ3v) is 4.29. The van der Waals surface area contributed by atoms with Crippen molar-refractivity contribution in [3.63, 3.8) is 0 Å². The third kappa shape index (κ3) is 3.83. The van der Waals surface area contributed by atoms with Crippen molar-refractivity contribution in [2.45, 2.75) is 37.0 Å². The van der Waals surface area contributed by atoms with Crippen molar-refractivity contribution >= 4 is 15.9 Å². The average Bonchev–Trinajstić information content (AvgIpc) is 3.01. The molecule has 116 valence electrons. The van der Waals surface area contributed by atoms with Crippen molar-refractivity contribution < 1.29 is 35.9 Å². The first kappa shape index (κ1) is 15.5. The summed E-state index contributed by atoms with van der Waals surface area (Å²) in [5, 5.41) is 0. The molecule has 1 saturated heterocycles. The van der Waals surface area contributed by atoms with E-state index in [-0.39, 0.29) is 18.6 Å². The number of hydrogen-bond donors (Lipinski definition) is 1. The van der Waals surface area contributed by atoms with E-state index < -0.39 is 27.4 Å². The summed E-state index contributed by atoms with van der Waals surface area (Å²) in [5.41, 5.74) is -5.49. The summed E-state index contributed by atoms with van der Waals surface area (Å²) in [5.74, 6) is -1.91. The molecule has 1 aliphatic carbocycles. The molecule has 1 N–H and O–H groups in total. The number of halogens is 3. The maximum atomic E-state index is 12.1. The van der Waals surface area contributed by atoms with Crippen molar-refractivity contribution in [2.75, 3.05) is 13.2 Å². The standard InChI is InChI=1S/C10H14F3NO5S/c11-10(12,13)20(16,17)14-9(15)6-1-2-7(3-6)18-4-8-5-19-8/h6-8H,1-5H2,(H,14,15). The number of carbonyl (C=O) groups excluding carboxylic acids is 1. The molecule has 6 nitrogen and oxygen atoms in total. The van der Waals surface area contributed by atoms with E-state index in [1.54, 1.807) is 0 Å². The summed E-state index contributed by atoms with van der Waals surface area (Å²) in [6, 6.07) is 0. The van der Waals surface area contributed by atoms with Crippen molar-refractivity contribution in [3.8, 4) is 0 Å². The SMILES string of the molecule is O=C(NS(=O)(=O)C(F)(F)F)C1CCC(OCC2CO2)C1. The lowest BCUT2D eigenvalue weighted by molar-refractivity contribution is -0.124. The summed E-state index contributed by atoms with van der Waals surface area (Å²) in [7, 11) is -5.63. The Hall–Kier alpha value is -0.870. The average molecular weight is 317 g/mol. The number of carbonyl (C=O) groups is 1. The molecule has 3 unspecified atom stereocenters. The van der Waals surface area contributed by atoms with Crippen LogP contribution in [0.1, 0.15) is 19.3 Å². The Balaban J connectivity index is 1.81. The minimum absolute atomic E-state index is 0.0634. The van der Waals surface area contributed by atoms with Gasteiger partial charge in [-0.1, -0.05) is 0 Å². The molecule has 0 radical (unpaired) electrons. The van der Waals surface area contributed by atoms with Crippen LogP contribution in [-0.4, -0.2) is 45.3 Å². The Morgan fingerprint density at radius 3 is 2.55 bits per heavy atom. The minimum Gasteiger partial charge on any atom is -0.375 e. The zero-order valence-corrected chi connectivity index (χ0v) is 11.2. The third-order valence-electron chi connectivity index (χ3n) is 3.22. The number of sulfonamides is 1. The second-order valence-electron chi connectivity index (χ2n) is 4.84. The molecule has 0 aromatic heterocycles. The zero-order chi connectivity index (χ0) is 15.0. The van der Waals surface area contributed by atoms with Crippen LogP contribution < -0.4 is 4.72 Å². The molecule has 0 aromatic carbocycles. The van der Waals surface area contributed by atoms with Crippen molar-refractivity contribution in [1.29, 1.82) is 0 Å². The van der Waals surface area contributed by atoms with Gasteiger partial charge in [0.1, 0.15) is 6.10 Å². The summed E-state index contributed by atoms with van der Waals surface area (Å²) in [6.45, 7) is 1.01. The molecule has 1 heterocycles. The number of nitrogens with one attached hydrogen (secondary N) is 1. The van der Waals surface area contributed by atoms with Crippen LogP contribution in [0.15, 0.2) is 0 Å². The lowest BCUT2D eigenvalue weighted by atomic mass is 10.1. The first-order chi connectivity index (χ1) is 9.19. The van der Waals surface area contributed by atoms with Gasteiger partial charge < -0.3 is 9.47 Å². The van der Waals surface area contributed by atoms with Crippen molar-refractivity contribution in [3.05, 3.63) is 0 Å². The van der Waals surface area contributed by atoms with Gasteiger partial charge in [0.25, 0.3) is 0 Å². The molecule has 3 atom stereocenters. The number of hydrogen-bond acceptors (Lipinski definition) is 5. The number of rotatable bonds is 5. The maximum absolute atomic E-state index is 12.1. The highest BCUT2D eigenvalue weighted by atomic mass is 32.2. The molecule has 1 saturated carbocycles. The smallest absolute Gasteiger partial charge is 0.375 e. The highest BCUT2D eigenvalue weighted by Gasteiger charge is 2.48. The molecule has 0 aromatic rings. The predicted octanol–water partition coefficient (Wildman–Crippen LogP) is 0.536. The van der Waals surface area contributed by atoms with Gasteiger partial charge in [-0.3, -0.25) is 4.79 Å². The first-order valence-electron chi connectivity index (χ1n) is 6.05. The van der Waals surface area contributed by atoms with Gasteiger partial charge in [0, 0.05) is 5.92 Å². The zero-order valence-electron chi connectivity index (χ0n) is 10.4. The van der Waals surface area contributed by atoms with E-state index in [0.717, 1.165) is 4.72 Å². The van der Waals surface area contributed by atoms with Crippen LogP contribution in [0, 0.1) is 5.92 Å². The van der Waals surface area contributed by atoms with Crippen LogP contribution in [0.25, 0.3) is 0 Å². The van der Waals surface area contributed by atoms with Crippen LogP contribution in [0.5, 0.6) is 0 Å². The Labute approximate surface area is 113 Å². The fraction of sp³-hybridized carbons (Fsp3) is 0.900. The van der Waals surface area contributed by atoms with Gasteiger partial charge in [0.15, 0.2) is 0 Å². The molecule has 0 spiro atoms. The quantitative estimate of drug-likeness (QED) is 0.748. The Kier molecular flexibility index (Phi) is 4.26. The van der Waals surface area contributed by atoms with Gasteiger partial charge in [0.05, 0.1) is 19.3 Å². The second kappa shape index (κ2) is 5.49. The fourth-order valence-electron chi connectivity index (χ4n) is 2.01. The van der Waals surface area contributed by atoms with Crippen LogP contribution in [0.2, 0.25) is 0 Å². The lowest BCUT2D eigenvalue weighted by Gasteiger charge is -2.13. The summed E-state index contributed by atoms with van der Waals surface area (Å²) in [4.78, 5) is 11.5. The highest BCUT2D eigenvalue weighted by molar-refractivity contribution is 7.90. The van der Waals surface area contributed by atoms with E-state index >= 15 is 0 Å². The van der Waals surface area contributed by atoms with E-state index in [1.165, 1.54) is 0 Å². The Morgan fingerprint density at radius 1 is 1.35 bits per heavy atom. The molecule has 2 aliphatic rings. The molecular weight excluding hydrogens is 303 g/mol. The van der Waals surface area contributed by atoms with Gasteiger partial charge in [-0.25, -0.2) is 4.72 Å². The number of alkyl halides is 3. The molecule has 20 heavy (non-hydrogen) atoms. The van der Waals surface area contributed by atoms with Gasteiger partial charge >= 0.3 is 15.5 Å². The number of ether oxygens (including phenoxy) is 2. The van der Waals surface area contributed by atoms with Gasteiger partial charge in [-0.15, -0.1) is 0 Å². The monoisotopic (exact) mass is 317 g/mol. The molecule has 10 heteroatoms.